The topological polar surface area (TPSA) is 134 Å². The zero-order chi connectivity index (χ0) is 53.1. The van der Waals surface area contributed by atoms with Crippen LogP contribution in [0.15, 0.2) is 170 Å². The van der Waals surface area contributed by atoms with Crippen LogP contribution in [-0.2, 0) is 32.7 Å². The number of esters is 2. The zero-order valence-corrected chi connectivity index (χ0v) is 46.2. The van der Waals surface area contributed by atoms with Crippen LogP contribution in [0.2, 0.25) is 0 Å². The second kappa shape index (κ2) is 56.7. The van der Waals surface area contributed by atoms with Crippen molar-refractivity contribution in [2.75, 3.05) is 26.4 Å². The van der Waals surface area contributed by atoms with Crippen molar-refractivity contribution in [1.82, 2.24) is 0 Å². The van der Waals surface area contributed by atoms with Crippen LogP contribution in [0.4, 0.5) is 0 Å². The smallest absolute Gasteiger partial charge is 0.462 e. The normalized spacial score (nSPS) is 14.4. The van der Waals surface area contributed by atoms with Gasteiger partial charge in [0.1, 0.15) is 6.61 Å². The number of nitrogens with two attached hydrogens (primary N) is 1. The molecule has 0 bridgehead atoms. The third kappa shape index (κ3) is 56.5. The van der Waals surface area contributed by atoms with E-state index >= 15 is 0 Å². The molecule has 408 valence electrons. The van der Waals surface area contributed by atoms with E-state index in [9.17, 15) is 19.0 Å². The lowest BCUT2D eigenvalue weighted by Gasteiger charge is -2.19. The molecule has 0 spiro atoms. The summed E-state index contributed by atoms with van der Waals surface area (Å²) >= 11 is 0. The van der Waals surface area contributed by atoms with Gasteiger partial charge in [0.05, 0.1) is 13.2 Å². The lowest BCUT2D eigenvalue weighted by Crippen LogP contribution is -2.29. The molecule has 2 atom stereocenters. The van der Waals surface area contributed by atoms with Crippen LogP contribution < -0.4 is 5.73 Å². The van der Waals surface area contributed by atoms with Gasteiger partial charge in [0.2, 0.25) is 0 Å². The number of hydrogen-bond acceptors (Lipinski definition) is 8. The minimum Gasteiger partial charge on any atom is -0.462 e. The Morgan fingerprint density at radius 2 is 0.712 bits per heavy atom. The van der Waals surface area contributed by atoms with Gasteiger partial charge in [-0.15, -0.1) is 0 Å². The highest BCUT2D eigenvalue weighted by Crippen LogP contribution is 2.43. The highest BCUT2D eigenvalue weighted by atomic mass is 31.2. The van der Waals surface area contributed by atoms with Crippen molar-refractivity contribution < 1.29 is 37.6 Å². The fourth-order valence-corrected chi connectivity index (χ4v) is 7.36. The molecule has 0 aliphatic carbocycles. The van der Waals surface area contributed by atoms with Gasteiger partial charge < -0.3 is 20.1 Å². The monoisotopic (exact) mass is 1030 g/mol. The molecule has 0 aliphatic rings. The average Bonchev–Trinajstić information content (AvgIpc) is 3.38. The maximum atomic E-state index is 12.7. The van der Waals surface area contributed by atoms with Gasteiger partial charge in [-0.25, -0.2) is 4.57 Å². The number of phosphoric acid groups is 1. The number of carbonyl (C=O) groups excluding carboxylic acids is 2. The van der Waals surface area contributed by atoms with Crippen LogP contribution in [0, 0.1) is 0 Å². The van der Waals surface area contributed by atoms with Crippen molar-refractivity contribution in [3.05, 3.63) is 170 Å². The molecule has 0 amide bonds. The van der Waals surface area contributed by atoms with Gasteiger partial charge in [0.25, 0.3) is 0 Å². The van der Waals surface area contributed by atoms with Gasteiger partial charge in [0, 0.05) is 19.4 Å². The second-order valence-electron chi connectivity index (χ2n) is 17.3. The summed E-state index contributed by atoms with van der Waals surface area (Å²) in [6.07, 6.45) is 83.9. The molecule has 0 saturated carbocycles. The number of carbonyl (C=O) groups is 2. The van der Waals surface area contributed by atoms with Gasteiger partial charge in [-0.2, -0.15) is 0 Å². The molecule has 9 nitrogen and oxygen atoms in total. The molecule has 10 heteroatoms. The van der Waals surface area contributed by atoms with Crippen molar-refractivity contribution in [1.29, 1.82) is 0 Å². The third-order valence-corrected chi connectivity index (χ3v) is 11.6. The summed E-state index contributed by atoms with van der Waals surface area (Å²) in [6.45, 7) is 3.41. The first-order chi connectivity index (χ1) is 35.8. The Labute approximate surface area is 444 Å². The summed E-state index contributed by atoms with van der Waals surface area (Å²) in [5.74, 6) is -0.907. The Hall–Kier alpha value is -4.63. The highest BCUT2D eigenvalue weighted by Gasteiger charge is 2.26. The first-order valence-electron chi connectivity index (χ1n) is 27.6. The maximum Gasteiger partial charge on any atom is 0.472 e. The van der Waals surface area contributed by atoms with Crippen LogP contribution in [0.3, 0.4) is 0 Å². The molecular weight excluding hydrogens is 930 g/mol. The molecule has 0 rings (SSSR count). The first kappa shape index (κ1) is 68.4. The van der Waals surface area contributed by atoms with Crippen molar-refractivity contribution in [3.63, 3.8) is 0 Å². The average molecular weight is 1030 g/mol. The van der Waals surface area contributed by atoms with Gasteiger partial charge in [-0.3, -0.25) is 18.6 Å². The predicted molar refractivity (Wildman–Crippen MR) is 311 cm³/mol. The fourth-order valence-electron chi connectivity index (χ4n) is 6.59. The molecule has 0 fully saturated rings. The molecule has 0 aliphatic heterocycles. The van der Waals surface area contributed by atoms with Crippen molar-refractivity contribution >= 4 is 19.8 Å². The molecule has 0 aromatic rings. The summed E-state index contributed by atoms with van der Waals surface area (Å²) in [5, 5.41) is 0. The fraction of sp³-hybridized carbons (Fsp3) is 0.524. The molecule has 0 aromatic carbocycles. The third-order valence-electron chi connectivity index (χ3n) is 10.6. The summed E-state index contributed by atoms with van der Waals surface area (Å²) in [6, 6.07) is 0. The number of unbranched alkanes of at least 4 members (excludes halogenated alkanes) is 8. The van der Waals surface area contributed by atoms with E-state index in [2.05, 4.69) is 184 Å². The standard InChI is InChI=1S/C63H98NO8P/c1-3-5-7-9-11-13-15-17-19-21-23-25-27-29-30-32-34-36-38-40-42-44-46-48-50-52-54-56-63(66)72-61(60-71-73(67,68)70-58-57-64)59-69-62(65)55-53-51-49-47-45-43-41-39-37-35-33-31-28-26-24-22-20-18-16-14-12-10-8-6-4-2/h5-8,11-14,17-20,23-26,29-31,33-34,36-37,39-40,42-43,45,61H,3-4,9-10,15-16,21-22,27-28,32,35,38,41,44,46-60,64H2,1-2H3,(H,67,68)/b7-5-,8-6-,13-11-,14-12-,19-17-,20-18-,25-23-,26-24-,30-29-,33-31-,36-34-,39-37-,42-40-,45-43-. The van der Waals surface area contributed by atoms with Crippen molar-refractivity contribution in [3.8, 4) is 0 Å². The predicted octanol–water partition coefficient (Wildman–Crippen LogP) is 17.5. The number of hydrogen-bond donors (Lipinski definition) is 2. The Balaban J connectivity index is 4.20. The van der Waals surface area contributed by atoms with E-state index in [0.717, 1.165) is 141 Å². The molecule has 3 N–H and O–H groups in total. The van der Waals surface area contributed by atoms with Crippen LogP contribution in [0.5, 0.6) is 0 Å². The van der Waals surface area contributed by atoms with Gasteiger partial charge in [0.15, 0.2) is 6.10 Å². The minimum atomic E-state index is -4.42. The first-order valence-corrected chi connectivity index (χ1v) is 29.1. The number of phosphoric ester groups is 1. The van der Waals surface area contributed by atoms with Gasteiger partial charge >= 0.3 is 19.8 Å². The summed E-state index contributed by atoms with van der Waals surface area (Å²) in [7, 11) is -4.42. The van der Waals surface area contributed by atoms with Crippen LogP contribution >= 0.6 is 7.82 Å². The number of rotatable bonds is 49. The number of ether oxygens (including phenoxy) is 2. The lowest BCUT2D eigenvalue weighted by molar-refractivity contribution is -0.161. The largest absolute Gasteiger partial charge is 0.472 e. The van der Waals surface area contributed by atoms with Crippen LogP contribution in [0.1, 0.15) is 181 Å². The lowest BCUT2D eigenvalue weighted by atomic mass is 10.1. The van der Waals surface area contributed by atoms with E-state index < -0.39 is 32.5 Å². The Morgan fingerprint density at radius 1 is 0.411 bits per heavy atom. The second-order valence-corrected chi connectivity index (χ2v) is 18.8. The molecule has 2 unspecified atom stereocenters. The van der Waals surface area contributed by atoms with E-state index in [1.165, 1.54) is 0 Å². The Morgan fingerprint density at radius 3 is 1.07 bits per heavy atom. The van der Waals surface area contributed by atoms with Crippen LogP contribution in [-0.4, -0.2) is 49.3 Å². The summed E-state index contributed by atoms with van der Waals surface area (Å²) in [5.41, 5.74) is 5.37. The van der Waals surface area contributed by atoms with E-state index in [1.807, 2.05) is 0 Å². The molecule has 0 saturated heterocycles. The van der Waals surface area contributed by atoms with E-state index in [0.29, 0.717) is 12.8 Å². The highest BCUT2D eigenvalue weighted by molar-refractivity contribution is 7.47. The summed E-state index contributed by atoms with van der Waals surface area (Å²) in [4.78, 5) is 35.2. The molecule has 0 heterocycles. The quantitative estimate of drug-likeness (QED) is 0.0264. The molecule has 0 radical (unpaired) electrons. The van der Waals surface area contributed by atoms with Crippen LogP contribution in [0.25, 0.3) is 0 Å². The summed E-state index contributed by atoms with van der Waals surface area (Å²) < 4.78 is 32.9. The van der Waals surface area contributed by atoms with Gasteiger partial charge in [-0.05, 0) is 128 Å². The molecule has 0 aromatic heterocycles. The zero-order valence-electron chi connectivity index (χ0n) is 45.3. The SMILES string of the molecule is CC/C=C\C/C=C\C/C=C\C/C=C\C/C=C\C/C=C\C/C=C\CCCCCCCC(=O)OC(COC(=O)CCCCC/C=C\C/C=C\C/C=C\C/C=C\C/C=C\C/C=C\C/C=C\CC)COP(=O)(O)OCCN. The molecule has 73 heavy (non-hydrogen) atoms. The van der Waals surface area contributed by atoms with E-state index in [-0.39, 0.29) is 32.6 Å². The molecular formula is C63H98NO8P. The van der Waals surface area contributed by atoms with Gasteiger partial charge in [-0.1, -0.05) is 210 Å². The Kier molecular flexibility index (Phi) is 53.1. The van der Waals surface area contributed by atoms with Crippen molar-refractivity contribution in [2.24, 2.45) is 5.73 Å². The minimum absolute atomic E-state index is 0.0340. The van der Waals surface area contributed by atoms with Crippen molar-refractivity contribution in [2.45, 2.75) is 187 Å². The number of allylic oxidation sites excluding steroid dienone is 28. The Bertz CT molecular complexity index is 1790. The van der Waals surface area contributed by atoms with E-state index in [4.69, 9.17) is 24.3 Å². The maximum absolute atomic E-state index is 12.7. The van der Waals surface area contributed by atoms with E-state index in [1.54, 1.807) is 0 Å².